The van der Waals surface area contributed by atoms with Crippen molar-refractivity contribution in [1.82, 2.24) is 0 Å². The van der Waals surface area contributed by atoms with Crippen molar-refractivity contribution in [3.8, 4) is 24.0 Å². The minimum atomic E-state index is -1.99. The molecular weight excluding hydrogens is 389 g/mol. The average molecular weight is 405 g/mol. The van der Waals surface area contributed by atoms with E-state index in [-0.39, 0.29) is 0 Å². The largest absolute Gasteiger partial charge is 0.714 e. The Morgan fingerprint density at radius 3 is 2.19 bits per heavy atom. The van der Waals surface area contributed by atoms with Crippen LogP contribution in [-0.4, -0.2) is 20.0 Å². The second-order valence-electron chi connectivity index (χ2n) is 6.99. The molecule has 6 nitrogen and oxygen atoms in total. The number of benzene rings is 4. The molecule has 31 heavy (non-hydrogen) atoms. The Kier molecular flexibility index (Phi) is 5.44. The SMILES string of the molecule is COB(Oc1cccc2ccc3cc4ccccc4cc3c12)OC(C#N)(C#N)CC#N. The highest BCUT2D eigenvalue weighted by molar-refractivity contribution is 6.38. The van der Waals surface area contributed by atoms with Crippen molar-refractivity contribution in [2.75, 3.05) is 7.11 Å². The zero-order chi connectivity index (χ0) is 21.8. The van der Waals surface area contributed by atoms with E-state index in [4.69, 9.17) is 19.2 Å². The second kappa shape index (κ2) is 8.34. The van der Waals surface area contributed by atoms with E-state index >= 15 is 0 Å². The summed E-state index contributed by atoms with van der Waals surface area (Å²) in [7, 11) is -0.0122. The zero-order valence-electron chi connectivity index (χ0n) is 16.7. The highest BCUT2D eigenvalue weighted by Crippen LogP contribution is 2.35. The van der Waals surface area contributed by atoms with Crippen LogP contribution in [0.4, 0.5) is 0 Å². The lowest BCUT2D eigenvalue weighted by Gasteiger charge is -2.21. The van der Waals surface area contributed by atoms with E-state index in [0.717, 1.165) is 32.3 Å². The Bertz CT molecular complexity index is 1400. The average Bonchev–Trinajstić information content (AvgIpc) is 2.81. The van der Waals surface area contributed by atoms with Crippen LogP contribution in [0.3, 0.4) is 0 Å². The van der Waals surface area contributed by atoms with Crippen molar-refractivity contribution in [1.29, 1.82) is 15.8 Å². The van der Waals surface area contributed by atoms with Gasteiger partial charge in [-0.15, -0.1) is 0 Å². The van der Waals surface area contributed by atoms with Crippen molar-refractivity contribution >= 4 is 39.6 Å². The van der Waals surface area contributed by atoms with Gasteiger partial charge in [-0.3, -0.25) is 0 Å². The van der Waals surface area contributed by atoms with Crippen molar-refractivity contribution in [3.05, 3.63) is 66.7 Å². The second-order valence-corrected chi connectivity index (χ2v) is 6.99. The molecule has 0 fully saturated rings. The lowest BCUT2D eigenvalue weighted by Crippen LogP contribution is -2.41. The van der Waals surface area contributed by atoms with Gasteiger partial charge >= 0.3 is 7.32 Å². The molecule has 4 aromatic carbocycles. The predicted octanol–water partition coefficient (Wildman–Crippen LogP) is 4.87. The third kappa shape index (κ3) is 3.74. The van der Waals surface area contributed by atoms with Gasteiger partial charge in [0.25, 0.3) is 0 Å². The van der Waals surface area contributed by atoms with Crippen LogP contribution < -0.4 is 4.65 Å². The van der Waals surface area contributed by atoms with Gasteiger partial charge in [-0.1, -0.05) is 48.5 Å². The van der Waals surface area contributed by atoms with Crippen LogP contribution in [-0.2, 0) is 9.31 Å². The standard InChI is InChI=1S/C24H16BN3O3/c1-29-25(31-24(15-27,16-28)11-12-26)30-22-8-4-7-17-9-10-20-13-18-5-2-3-6-19(18)14-21(20)23(17)22/h2-10,13-14H,11H2,1H3. The smallest absolute Gasteiger partial charge is 0.511 e. The summed E-state index contributed by atoms with van der Waals surface area (Å²) in [6.45, 7) is 0. The van der Waals surface area contributed by atoms with Gasteiger partial charge in [0, 0.05) is 12.5 Å². The number of hydrogen-bond acceptors (Lipinski definition) is 6. The molecule has 7 heteroatoms. The summed E-state index contributed by atoms with van der Waals surface area (Å²) in [6.07, 6.45) is -0.437. The molecule has 0 atom stereocenters. The number of fused-ring (bicyclic) bond motifs is 4. The number of hydrogen-bond donors (Lipinski definition) is 0. The molecule has 0 spiro atoms. The first-order valence-corrected chi connectivity index (χ1v) is 9.54. The maximum atomic E-state index is 9.37. The molecule has 0 radical (unpaired) electrons. The van der Waals surface area contributed by atoms with E-state index in [2.05, 4.69) is 24.3 Å². The molecule has 0 amide bonds. The summed E-state index contributed by atoms with van der Waals surface area (Å²) in [5.74, 6) is 0.479. The Morgan fingerprint density at radius 2 is 1.52 bits per heavy atom. The molecule has 0 aliphatic carbocycles. The molecule has 0 aliphatic heterocycles. The van der Waals surface area contributed by atoms with Crippen molar-refractivity contribution in [3.63, 3.8) is 0 Å². The van der Waals surface area contributed by atoms with Gasteiger partial charge in [-0.05, 0) is 45.1 Å². The first-order chi connectivity index (χ1) is 15.1. The van der Waals surface area contributed by atoms with Crippen LogP contribution in [0.5, 0.6) is 5.75 Å². The van der Waals surface area contributed by atoms with Gasteiger partial charge in [0.1, 0.15) is 17.9 Å². The normalized spacial score (nSPS) is 11.0. The molecule has 0 saturated heterocycles. The number of nitriles is 3. The monoisotopic (exact) mass is 405 g/mol. The fourth-order valence-corrected chi connectivity index (χ4v) is 3.56. The molecule has 0 aromatic heterocycles. The van der Waals surface area contributed by atoms with E-state index in [1.807, 2.05) is 36.4 Å². The van der Waals surface area contributed by atoms with E-state index in [0.29, 0.717) is 5.75 Å². The first-order valence-electron chi connectivity index (χ1n) is 9.54. The fraction of sp³-hybridized carbons (Fsp3) is 0.125. The van der Waals surface area contributed by atoms with Gasteiger partial charge in [0.15, 0.2) is 0 Å². The summed E-state index contributed by atoms with van der Waals surface area (Å²) < 4.78 is 16.7. The Hall–Kier alpha value is -4.09. The van der Waals surface area contributed by atoms with Crippen molar-refractivity contribution < 1.29 is 14.0 Å². The maximum absolute atomic E-state index is 9.37. The summed E-state index contributed by atoms with van der Waals surface area (Å²) in [6, 6.07) is 27.3. The van der Waals surface area contributed by atoms with Crippen molar-refractivity contribution in [2.24, 2.45) is 0 Å². The van der Waals surface area contributed by atoms with Crippen LogP contribution in [0.15, 0.2) is 66.7 Å². The van der Waals surface area contributed by atoms with E-state index < -0.39 is 19.3 Å². The third-order valence-corrected chi connectivity index (χ3v) is 5.09. The van der Waals surface area contributed by atoms with Gasteiger partial charge in [0.2, 0.25) is 5.60 Å². The van der Waals surface area contributed by atoms with Crippen LogP contribution in [0.25, 0.3) is 32.3 Å². The zero-order valence-corrected chi connectivity index (χ0v) is 16.7. The molecule has 4 rings (SSSR count). The van der Waals surface area contributed by atoms with Gasteiger partial charge in [-0.25, -0.2) is 0 Å². The molecule has 0 unspecified atom stereocenters. The van der Waals surface area contributed by atoms with Crippen LogP contribution in [0.1, 0.15) is 6.42 Å². The summed E-state index contributed by atoms with van der Waals surface area (Å²) >= 11 is 0. The number of nitrogens with zero attached hydrogens (tertiary/aromatic N) is 3. The van der Waals surface area contributed by atoms with Crippen LogP contribution >= 0.6 is 0 Å². The Morgan fingerprint density at radius 1 is 0.839 bits per heavy atom. The van der Waals surface area contributed by atoms with Crippen molar-refractivity contribution in [2.45, 2.75) is 12.0 Å². The minimum absolute atomic E-state index is 0.437. The Labute approximate surface area is 179 Å². The summed E-state index contributed by atoms with van der Waals surface area (Å²) in [5, 5.41) is 33.8. The van der Waals surface area contributed by atoms with E-state index in [1.54, 1.807) is 24.3 Å². The maximum Gasteiger partial charge on any atom is 0.714 e. The van der Waals surface area contributed by atoms with Crippen LogP contribution in [0.2, 0.25) is 0 Å². The van der Waals surface area contributed by atoms with E-state index in [9.17, 15) is 10.5 Å². The molecule has 0 aliphatic rings. The first kappa shape index (κ1) is 20.2. The fourth-order valence-electron chi connectivity index (χ4n) is 3.56. The molecule has 0 N–H and O–H groups in total. The molecule has 0 heterocycles. The van der Waals surface area contributed by atoms with E-state index in [1.165, 1.54) is 7.11 Å². The number of rotatable bonds is 6. The summed E-state index contributed by atoms with van der Waals surface area (Å²) in [5.41, 5.74) is -1.99. The minimum Gasteiger partial charge on any atom is -0.511 e. The quantitative estimate of drug-likeness (QED) is 0.258. The molecule has 148 valence electrons. The Balaban J connectivity index is 1.82. The molecule has 0 saturated carbocycles. The third-order valence-electron chi connectivity index (χ3n) is 5.09. The van der Waals surface area contributed by atoms with Crippen LogP contribution in [0, 0.1) is 34.0 Å². The molecule has 0 bridgehead atoms. The van der Waals surface area contributed by atoms with Gasteiger partial charge in [-0.2, -0.15) is 15.8 Å². The lowest BCUT2D eigenvalue weighted by molar-refractivity contribution is 0.0993. The summed E-state index contributed by atoms with van der Waals surface area (Å²) in [4.78, 5) is 0. The highest BCUT2D eigenvalue weighted by Gasteiger charge is 2.40. The topological polar surface area (TPSA) is 99.1 Å². The lowest BCUT2D eigenvalue weighted by atomic mass is 9.97. The highest BCUT2D eigenvalue weighted by atomic mass is 16.7. The molecular formula is C24H16BN3O3. The van der Waals surface area contributed by atoms with Gasteiger partial charge in [0.05, 0.1) is 12.5 Å². The molecule has 4 aromatic rings. The predicted molar refractivity (Wildman–Crippen MR) is 118 cm³/mol. The van der Waals surface area contributed by atoms with Gasteiger partial charge < -0.3 is 14.0 Å².